The van der Waals surface area contributed by atoms with Gasteiger partial charge in [-0.2, -0.15) is 4.98 Å². The molecule has 0 amide bonds. The summed E-state index contributed by atoms with van der Waals surface area (Å²) in [5, 5.41) is 8.78. The fraction of sp³-hybridized carbons (Fsp3) is 0.583. The molecule has 2 rings (SSSR count). The summed E-state index contributed by atoms with van der Waals surface area (Å²) in [6, 6.07) is 0. The van der Waals surface area contributed by atoms with Gasteiger partial charge in [0.05, 0.1) is 19.0 Å². The van der Waals surface area contributed by atoms with Gasteiger partial charge in [0, 0.05) is 19.5 Å². The number of hydrogen-bond acceptors (Lipinski definition) is 5. The highest BCUT2D eigenvalue weighted by molar-refractivity contribution is 5.67. The van der Waals surface area contributed by atoms with Crippen molar-refractivity contribution in [2.24, 2.45) is 5.92 Å². The van der Waals surface area contributed by atoms with Crippen molar-refractivity contribution in [3.05, 3.63) is 12.4 Å². The van der Waals surface area contributed by atoms with Crippen molar-refractivity contribution in [1.82, 2.24) is 9.97 Å². The molecule has 98 valence electrons. The Morgan fingerprint density at radius 2 is 2.44 bits per heavy atom. The second-order valence-electron chi connectivity index (χ2n) is 4.35. The lowest BCUT2D eigenvalue weighted by Crippen LogP contribution is -2.21. The SMILES string of the molecule is CCOc1cncc(N2CCC(CC(=O)O)C2)n1. The van der Waals surface area contributed by atoms with E-state index in [0.717, 1.165) is 25.3 Å². The van der Waals surface area contributed by atoms with E-state index in [2.05, 4.69) is 14.9 Å². The maximum atomic E-state index is 10.7. The van der Waals surface area contributed by atoms with Gasteiger partial charge in [-0.3, -0.25) is 9.78 Å². The molecule has 0 aliphatic carbocycles. The molecular weight excluding hydrogens is 234 g/mol. The summed E-state index contributed by atoms with van der Waals surface area (Å²) in [6.45, 7) is 3.99. The standard InChI is InChI=1S/C12H17N3O3/c1-2-18-11-7-13-6-10(14-11)15-4-3-9(8-15)5-12(16)17/h6-7,9H,2-5,8H2,1H3,(H,16,17). The number of rotatable bonds is 5. The van der Waals surface area contributed by atoms with Crippen molar-refractivity contribution in [3.8, 4) is 5.88 Å². The van der Waals surface area contributed by atoms with Crippen LogP contribution in [-0.2, 0) is 4.79 Å². The zero-order valence-electron chi connectivity index (χ0n) is 10.4. The Bertz CT molecular complexity index is 425. The van der Waals surface area contributed by atoms with Gasteiger partial charge in [-0.25, -0.2) is 0 Å². The topological polar surface area (TPSA) is 75.5 Å². The Balaban J connectivity index is 2.00. The maximum Gasteiger partial charge on any atom is 0.303 e. The van der Waals surface area contributed by atoms with Crippen LogP contribution in [0.3, 0.4) is 0 Å². The molecule has 1 N–H and O–H groups in total. The zero-order valence-corrected chi connectivity index (χ0v) is 10.4. The van der Waals surface area contributed by atoms with Gasteiger partial charge in [-0.05, 0) is 19.3 Å². The minimum atomic E-state index is -0.740. The third-order valence-corrected chi connectivity index (χ3v) is 2.97. The Morgan fingerprint density at radius 3 is 3.17 bits per heavy atom. The van der Waals surface area contributed by atoms with Crippen molar-refractivity contribution < 1.29 is 14.6 Å². The summed E-state index contributed by atoms with van der Waals surface area (Å²) in [7, 11) is 0. The summed E-state index contributed by atoms with van der Waals surface area (Å²) < 4.78 is 5.30. The van der Waals surface area contributed by atoms with Crippen molar-refractivity contribution >= 4 is 11.8 Å². The van der Waals surface area contributed by atoms with E-state index in [1.54, 1.807) is 12.4 Å². The number of carboxylic acid groups (broad SMARTS) is 1. The number of aromatic nitrogens is 2. The van der Waals surface area contributed by atoms with Crippen LogP contribution in [0.25, 0.3) is 0 Å². The zero-order chi connectivity index (χ0) is 13.0. The number of carboxylic acids is 1. The molecule has 1 aromatic rings. The molecule has 1 saturated heterocycles. The van der Waals surface area contributed by atoms with Crippen LogP contribution in [0.5, 0.6) is 5.88 Å². The summed E-state index contributed by atoms with van der Waals surface area (Å²) in [5.41, 5.74) is 0. The molecule has 1 aliphatic rings. The van der Waals surface area contributed by atoms with E-state index in [0.29, 0.717) is 12.5 Å². The molecule has 2 heterocycles. The second kappa shape index (κ2) is 5.66. The fourth-order valence-corrected chi connectivity index (χ4v) is 2.16. The number of nitrogens with zero attached hydrogens (tertiary/aromatic N) is 3. The molecule has 0 bridgehead atoms. The Kier molecular flexibility index (Phi) is 3.96. The highest BCUT2D eigenvalue weighted by atomic mass is 16.5. The van der Waals surface area contributed by atoms with E-state index < -0.39 is 5.97 Å². The molecule has 18 heavy (non-hydrogen) atoms. The molecular formula is C12H17N3O3. The van der Waals surface area contributed by atoms with E-state index in [-0.39, 0.29) is 12.3 Å². The number of hydrogen-bond donors (Lipinski definition) is 1. The van der Waals surface area contributed by atoms with Crippen molar-refractivity contribution in [2.75, 3.05) is 24.6 Å². The molecule has 0 aromatic carbocycles. The molecule has 0 spiro atoms. The normalized spacial score (nSPS) is 18.9. The predicted molar refractivity (Wildman–Crippen MR) is 65.8 cm³/mol. The van der Waals surface area contributed by atoms with Crippen molar-refractivity contribution in [1.29, 1.82) is 0 Å². The molecule has 1 aliphatic heterocycles. The lowest BCUT2D eigenvalue weighted by molar-refractivity contribution is -0.137. The molecule has 6 nitrogen and oxygen atoms in total. The lowest BCUT2D eigenvalue weighted by Gasteiger charge is -2.17. The number of anilines is 1. The van der Waals surface area contributed by atoms with Gasteiger partial charge >= 0.3 is 5.97 Å². The van der Waals surface area contributed by atoms with E-state index in [1.165, 1.54) is 0 Å². The fourth-order valence-electron chi connectivity index (χ4n) is 2.16. The lowest BCUT2D eigenvalue weighted by atomic mass is 10.1. The Hall–Kier alpha value is -1.85. The van der Waals surface area contributed by atoms with Gasteiger partial charge in [0.1, 0.15) is 0 Å². The first-order valence-electron chi connectivity index (χ1n) is 6.10. The predicted octanol–water partition coefficient (Wildman–Crippen LogP) is 1.18. The van der Waals surface area contributed by atoms with Gasteiger partial charge in [0.2, 0.25) is 5.88 Å². The van der Waals surface area contributed by atoms with Crippen LogP contribution >= 0.6 is 0 Å². The minimum Gasteiger partial charge on any atom is -0.481 e. The van der Waals surface area contributed by atoms with E-state index in [1.807, 2.05) is 6.92 Å². The van der Waals surface area contributed by atoms with Gasteiger partial charge in [0.15, 0.2) is 5.82 Å². The third-order valence-electron chi connectivity index (χ3n) is 2.97. The van der Waals surface area contributed by atoms with Gasteiger partial charge in [-0.15, -0.1) is 0 Å². The second-order valence-corrected chi connectivity index (χ2v) is 4.35. The van der Waals surface area contributed by atoms with E-state index in [9.17, 15) is 4.79 Å². The van der Waals surface area contributed by atoms with Crippen LogP contribution in [0.2, 0.25) is 0 Å². The Morgan fingerprint density at radius 1 is 1.61 bits per heavy atom. The summed E-state index contributed by atoms with van der Waals surface area (Å²) >= 11 is 0. The molecule has 1 atom stereocenters. The van der Waals surface area contributed by atoms with Crippen LogP contribution in [-0.4, -0.2) is 40.7 Å². The van der Waals surface area contributed by atoms with Crippen LogP contribution in [0.15, 0.2) is 12.4 Å². The smallest absolute Gasteiger partial charge is 0.303 e. The average molecular weight is 251 g/mol. The molecule has 1 fully saturated rings. The minimum absolute atomic E-state index is 0.194. The average Bonchev–Trinajstić information content (AvgIpc) is 2.77. The van der Waals surface area contributed by atoms with E-state index in [4.69, 9.17) is 9.84 Å². The van der Waals surface area contributed by atoms with Gasteiger partial charge in [0.25, 0.3) is 0 Å². The first-order valence-corrected chi connectivity index (χ1v) is 6.10. The third kappa shape index (κ3) is 3.09. The van der Waals surface area contributed by atoms with E-state index >= 15 is 0 Å². The monoisotopic (exact) mass is 251 g/mol. The van der Waals surface area contributed by atoms with Crippen molar-refractivity contribution in [3.63, 3.8) is 0 Å². The molecule has 0 radical (unpaired) electrons. The maximum absolute atomic E-state index is 10.7. The summed E-state index contributed by atoms with van der Waals surface area (Å²) in [6.07, 6.45) is 4.37. The Labute approximate surface area is 106 Å². The first-order chi connectivity index (χ1) is 8.69. The molecule has 1 aromatic heterocycles. The number of ether oxygens (including phenoxy) is 1. The van der Waals surface area contributed by atoms with Gasteiger partial charge in [-0.1, -0.05) is 0 Å². The summed E-state index contributed by atoms with van der Waals surface area (Å²) in [4.78, 5) is 21.2. The van der Waals surface area contributed by atoms with Crippen molar-refractivity contribution in [2.45, 2.75) is 19.8 Å². The molecule has 1 unspecified atom stereocenters. The van der Waals surface area contributed by atoms with Crippen LogP contribution in [0.4, 0.5) is 5.82 Å². The van der Waals surface area contributed by atoms with Crippen LogP contribution < -0.4 is 9.64 Å². The number of aliphatic carboxylic acids is 1. The number of carbonyl (C=O) groups is 1. The quantitative estimate of drug-likeness (QED) is 0.846. The van der Waals surface area contributed by atoms with Crippen LogP contribution in [0, 0.1) is 5.92 Å². The molecule has 0 saturated carbocycles. The molecule has 6 heteroatoms. The highest BCUT2D eigenvalue weighted by Gasteiger charge is 2.25. The highest BCUT2D eigenvalue weighted by Crippen LogP contribution is 2.24. The first kappa shape index (κ1) is 12.6. The largest absolute Gasteiger partial charge is 0.481 e. The van der Waals surface area contributed by atoms with Gasteiger partial charge < -0.3 is 14.7 Å². The summed E-state index contributed by atoms with van der Waals surface area (Å²) in [5.74, 6) is 0.724. The van der Waals surface area contributed by atoms with Crippen LogP contribution in [0.1, 0.15) is 19.8 Å².